The van der Waals surface area contributed by atoms with Gasteiger partial charge in [-0.3, -0.25) is 0 Å². The van der Waals surface area contributed by atoms with Crippen LogP contribution < -0.4 is 0 Å². The largest absolute Gasteiger partial charge is 0.392 e. The molecule has 152 valence electrons. The van der Waals surface area contributed by atoms with Crippen molar-refractivity contribution in [1.29, 1.82) is 0 Å². The van der Waals surface area contributed by atoms with Gasteiger partial charge in [-0.05, 0) is 68.7 Å². The number of benzene rings is 2. The molecule has 28 heavy (non-hydrogen) atoms. The van der Waals surface area contributed by atoms with Crippen LogP contribution in [0.2, 0.25) is 0 Å². The highest BCUT2D eigenvalue weighted by molar-refractivity contribution is 5.30. The van der Waals surface area contributed by atoms with Crippen LogP contribution >= 0.6 is 0 Å². The smallest absolute Gasteiger partial charge is 0.301 e. The second-order valence-corrected chi connectivity index (χ2v) is 8.20. The van der Waals surface area contributed by atoms with Gasteiger partial charge in [-0.1, -0.05) is 54.6 Å². The lowest BCUT2D eigenvalue weighted by molar-refractivity contribution is -0.148. The maximum Gasteiger partial charge on any atom is 0.392 e. The Kier molecular flexibility index (Phi) is 6.82. The Morgan fingerprint density at radius 3 is 2.11 bits per heavy atom. The van der Waals surface area contributed by atoms with Crippen molar-refractivity contribution in [3.05, 3.63) is 71.3 Å². The van der Waals surface area contributed by atoms with Crippen molar-refractivity contribution in [2.24, 2.45) is 5.92 Å². The molecule has 0 N–H and O–H groups in total. The van der Waals surface area contributed by atoms with Crippen molar-refractivity contribution in [2.45, 2.75) is 57.7 Å². The van der Waals surface area contributed by atoms with Gasteiger partial charge in [0.15, 0.2) is 0 Å². The molecular formula is C24H30F3N. The molecule has 2 atom stereocenters. The van der Waals surface area contributed by atoms with Crippen molar-refractivity contribution in [3.8, 4) is 0 Å². The van der Waals surface area contributed by atoms with Gasteiger partial charge < -0.3 is 4.90 Å². The van der Waals surface area contributed by atoms with E-state index in [1.54, 1.807) is 0 Å². The first kappa shape index (κ1) is 20.9. The van der Waals surface area contributed by atoms with E-state index in [1.807, 2.05) is 30.3 Å². The van der Waals surface area contributed by atoms with Crippen LogP contribution in [-0.4, -0.2) is 30.2 Å². The summed E-state index contributed by atoms with van der Waals surface area (Å²) in [7, 11) is 0. The van der Waals surface area contributed by atoms with Crippen LogP contribution in [0.5, 0.6) is 0 Å². The van der Waals surface area contributed by atoms with Crippen molar-refractivity contribution >= 4 is 0 Å². The molecule has 2 aromatic carbocycles. The zero-order chi connectivity index (χ0) is 20.1. The number of alkyl halides is 3. The van der Waals surface area contributed by atoms with E-state index in [0.29, 0.717) is 6.04 Å². The highest BCUT2D eigenvalue weighted by Gasteiger charge is 2.55. The third kappa shape index (κ3) is 5.84. The molecule has 0 aromatic heterocycles. The number of nitrogens with zero attached hydrogens (tertiary/aromatic N) is 1. The molecule has 0 heterocycles. The molecule has 1 aliphatic rings. The Hall–Kier alpha value is -1.81. The van der Waals surface area contributed by atoms with Gasteiger partial charge in [-0.15, -0.1) is 0 Å². The van der Waals surface area contributed by atoms with Crippen molar-refractivity contribution in [1.82, 2.24) is 4.90 Å². The lowest BCUT2D eigenvalue weighted by atomic mass is 10.0. The third-order valence-corrected chi connectivity index (χ3v) is 5.79. The summed E-state index contributed by atoms with van der Waals surface area (Å²) in [6, 6.07) is 18.8. The molecule has 0 saturated heterocycles. The average molecular weight is 390 g/mol. The molecule has 0 spiro atoms. The number of hydrogen-bond donors (Lipinski definition) is 0. The van der Waals surface area contributed by atoms with Crippen LogP contribution in [0.3, 0.4) is 0 Å². The highest BCUT2D eigenvalue weighted by Crippen LogP contribution is 2.56. The molecule has 1 aliphatic carbocycles. The summed E-state index contributed by atoms with van der Waals surface area (Å²) in [4.78, 5) is 2.50. The lowest BCUT2D eigenvalue weighted by Crippen LogP contribution is -2.34. The van der Waals surface area contributed by atoms with Gasteiger partial charge in [0.25, 0.3) is 0 Å². The quantitative estimate of drug-likeness (QED) is 0.491. The fourth-order valence-corrected chi connectivity index (χ4v) is 3.89. The molecule has 0 amide bonds. The minimum absolute atomic E-state index is 0.244. The molecule has 1 nitrogen and oxygen atoms in total. The zero-order valence-corrected chi connectivity index (χ0v) is 16.8. The average Bonchev–Trinajstić information content (AvgIpc) is 3.47. The van der Waals surface area contributed by atoms with E-state index in [0.717, 1.165) is 37.9 Å². The first-order valence-electron chi connectivity index (χ1n) is 10.3. The van der Waals surface area contributed by atoms with Gasteiger partial charge in [0.2, 0.25) is 0 Å². The van der Waals surface area contributed by atoms with Gasteiger partial charge >= 0.3 is 6.18 Å². The second kappa shape index (κ2) is 9.13. The zero-order valence-electron chi connectivity index (χ0n) is 16.8. The van der Waals surface area contributed by atoms with Gasteiger partial charge in [0.05, 0.1) is 5.92 Å². The summed E-state index contributed by atoms with van der Waals surface area (Å²) < 4.78 is 38.2. The monoisotopic (exact) mass is 389 g/mol. The first-order chi connectivity index (χ1) is 13.3. The maximum atomic E-state index is 12.7. The number of halogens is 3. The Balaban J connectivity index is 1.44. The van der Waals surface area contributed by atoms with Crippen molar-refractivity contribution in [3.63, 3.8) is 0 Å². The van der Waals surface area contributed by atoms with Crippen LogP contribution in [0.15, 0.2) is 54.6 Å². The van der Waals surface area contributed by atoms with E-state index in [-0.39, 0.29) is 12.3 Å². The predicted molar refractivity (Wildman–Crippen MR) is 109 cm³/mol. The van der Waals surface area contributed by atoms with E-state index < -0.39 is 12.1 Å². The second-order valence-electron chi connectivity index (χ2n) is 8.20. The maximum absolute atomic E-state index is 12.7. The predicted octanol–water partition coefficient (Wildman–Crippen LogP) is 6.24. The molecule has 3 rings (SSSR count). The molecule has 1 saturated carbocycles. The normalized spacial score (nSPS) is 19.4. The Morgan fingerprint density at radius 2 is 1.54 bits per heavy atom. The number of aryl methyl sites for hydroxylation is 1. The van der Waals surface area contributed by atoms with Crippen LogP contribution in [-0.2, 0) is 12.8 Å². The molecule has 0 bridgehead atoms. The van der Waals surface area contributed by atoms with Gasteiger partial charge in [-0.2, -0.15) is 13.2 Å². The summed E-state index contributed by atoms with van der Waals surface area (Å²) in [5, 5.41) is 0. The van der Waals surface area contributed by atoms with Crippen LogP contribution in [0.1, 0.15) is 49.3 Å². The summed E-state index contributed by atoms with van der Waals surface area (Å²) in [6.07, 6.45) is -0.740. The topological polar surface area (TPSA) is 3.24 Å². The molecule has 1 fully saturated rings. The Bertz CT molecular complexity index is 722. The van der Waals surface area contributed by atoms with Gasteiger partial charge in [0.1, 0.15) is 0 Å². The van der Waals surface area contributed by atoms with Crippen LogP contribution in [0, 0.1) is 5.92 Å². The lowest BCUT2D eigenvalue weighted by Gasteiger charge is -2.26. The van der Waals surface area contributed by atoms with E-state index in [2.05, 4.69) is 43.0 Å². The van der Waals surface area contributed by atoms with E-state index in [9.17, 15) is 13.2 Å². The first-order valence-corrected chi connectivity index (χ1v) is 10.3. The SMILES string of the molecule is CC(C)N(CCCc1ccc(C2CC2C(F)(F)F)cc1)CCc1ccccc1. The Labute approximate surface area is 166 Å². The summed E-state index contributed by atoms with van der Waals surface area (Å²) >= 11 is 0. The molecular weight excluding hydrogens is 359 g/mol. The number of hydrogen-bond acceptors (Lipinski definition) is 1. The summed E-state index contributed by atoms with van der Waals surface area (Å²) in [6.45, 7) is 6.53. The minimum atomic E-state index is -4.05. The van der Waals surface area contributed by atoms with Gasteiger partial charge in [0, 0.05) is 12.6 Å². The Morgan fingerprint density at radius 1 is 0.893 bits per heavy atom. The fraction of sp³-hybridized carbons (Fsp3) is 0.500. The highest BCUT2D eigenvalue weighted by atomic mass is 19.4. The van der Waals surface area contributed by atoms with E-state index in [4.69, 9.17) is 0 Å². The summed E-state index contributed by atoms with van der Waals surface area (Å²) in [5.41, 5.74) is 3.40. The summed E-state index contributed by atoms with van der Waals surface area (Å²) in [5.74, 6) is -1.47. The standard InChI is InChI=1S/C24H30F3N/c1-18(2)28(16-14-19-7-4-3-5-8-19)15-6-9-20-10-12-21(13-11-20)22-17-23(22)24(25,26)27/h3-5,7-8,10-13,18,22-23H,6,9,14-17H2,1-2H3. The third-order valence-electron chi connectivity index (χ3n) is 5.79. The molecule has 0 radical (unpaired) electrons. The molecule has 4 heteroatoms. The fourth-order valence-electron chi connectivity index (χ4n) is 3.89. The van der Waals surface area contributed by atoms with Gasteiger partial charge in [-0.25, -0.2) is 0 Å². The minimum Gasteiger partial charge on any atom is -0.301 e. The van der Waals surface area contributed by atoms with Crippen molar-refractivity contribution in [2.75, 3.05) is 13.1 Å². The van der Waals surface area contributed by atoms with Crippen LogP contribution in [0.25, 0.3) is 0 Å². The van der Waals surface area contributed by atoms with Crippen LogP contribution in [0.4, 0.5) is 13.2 Å². The van der Waals surface area contributed by atoms with Crippen molar-refractivity contribution < 1.29 is 13.2 Å². The van der Waals surface area contributed by atoms with E-state index >= 15 is 0 Å². The molecule has 2 aromatic rings. The van der Waals surface area contributed by atoms with E-state index in [1.165, 1.54) is 11.1 Å². The molecule has 0 aliphatic heterocycles. The molecule has 2 unspecified atom stereocenters. The number of rotatable bonds is 9.